The van der Waals surface area contributed by atoms with Gasteiger partial charge in [-0.1, -0.05) is 48.6 Å². The Morgan fingerprint density at radius 2 is 1.71 bits per heavy atom. The lowest BCUT2D eigenvalue weighted by Crippen LogP contribution is -2.52. The Balaban J connectivity index is 2.36. The first-order valence-electron chi connectivity index (χ1n) is 4.69. The first-order valence-corrected chi connectivity index (χ1v) is 4.69. The predicted molar refractivity (Wildman–Crippen MR) is 58.6 cm³/mol. The normalized spacial score (nSPS) is 23.7. The fraction of sp³-hybridized carbons (Fsp3) is 0.167. The van der Waals surface area contributed by atoms with Gasteiger partial charge in [-0.3, -0.25) is 0 Å². The molecule has 0 fully saturated rings. The predicted octanol–water partition coefficient (Wildman–Crippen LogP) is 1.51. The maximum Gasteiger partial charge on any atom is 0.0937 e. The fourth-order valence-corrected chi connectivity index (χ4v) is 1.73. The van der Waals surface area contributed by atoms with Gasteiger partial charge in [0.15, 0.2) is 0 Å². The number of allylic oxidation sites excluding steroid dienone is 2. The standard InChI is InChI=1S/C12H14N2/c13-12(14)9-5-4-8-11(12)10-6-2-1-3-7-10/h1-9,11H,13-14H2. The molecule has 72 valence electrons. The molecule has 0 heterocycles. The summed E-state index contributed by atoms with van der Waals surface area (Å²) in [7, 11) is 0. The van der Waals surface area contributed by atoms with Gasteiger partial charge in [0.05, 0.1) is 5.66 Å². The van der Waals surface area contributed by atoms with Gasteiger partial charge < -0.3 is 11.5 Å². The van der Waals surface area contributed by atoms with Crippen LogP contribution in [0.25, 0.3) is 0 Å². The Kier molecular flexibility index (Phi) is 2.23. The maximum absolute atomic E-state index is 5.99. The SMILES string of the molecule is NC1(N)C=CC=CC1c1ccccc1. The minimum absolute atomic E-state index is 0.0636. The lowest BCUT2D eigenvalue weighted by Gasteiger charge is -2.31. The average Bonchev–Trinajstić information content (AvgIpc) is 2.18. The molecule has 1 aliphatic carbocycles. The largest absolute Gasteiger partial charge is 0.309 e. The molecule has 2 rings (SSSR count). The van der Waals surface area contributed by atoms with Crippen LogP contribution >= 0.6 is 0 Å². The molecule has 0 bridgehead atoms. The Bertz CT molecular complexity index is 363. The Morgan fingerprint density at radius 3 is 2.36 bits per heavy atom. The lowest BCUT2D eigenvalue weighted by molar-refractivity contribution is 0.492. The van der Waals surface area contributed by atoms with Crippen molar-refractivity contribution in [3.8, 4) is 0 Å². The van der Waals surface area contributed by atoms with Crippen LogP contribution in [0.3, 0.4) is 0 Å². The van der Waals surface area contributed by atoms with Crippen LogP contribution in [0.4, 0.5) is 0 Å². The molecule has 1 aromatic carbocycles. The smallest absolute Gasteiger partial charge is 0.0937 e. The summed E-state index contributed by atoms with van der Waals surface area (Å²) in [6, 6.07) is 10.1. The summed E-state index contributed by atoms with van der Waals surface area (Å²) in [6.07, 6.45) is 7.75. The van der Waals surface area contributed by atoms with Crippen LogP contribution in [0.2, 0.25) is 0 Å². The van der Waals surface area contributed by atoms with Crippen LogP contribution < -0.4 is 11.5 Å². The summed E-state index contributed by atoms with van der Waals surface area (Å²) in [4.78, 5) is 0. The molecule has 1 aliphatic rings. The van der Waals surface area contributed by atoms with Gasteiger partial charge in [0.2, 0.25) is 0 Å². The van der Waals surface area contributed by atoms with E-state index in [1.54, 1.807) is 0 Å². The van der Waals surface area contributed by atoms with Crippen molar-refractivity contribution in [2.75, 3.05) is 0 Å². The van der Waals surface area contributed by atoms with E-state index >= 15 is 0 Å². The van der Waals surface area contributed by atoms with Gasteiger partial charge in [-0.25, -0.2) is 0 Å². The van der Waals surface area contributed by atoms with Crippen molar-refractivity contribution < 1.29 is 0 Å². The second kappa shape index (κ2) is 3.40. The number of nitrogens with two attached hydrogens (primary N) is 2. The zero-order chi connectivity index (χ0) is 10.0. The molecule has 2 nitrogen and oxygen atoms in total. The summed E-state index contributed by atoms with van der Waals surface area (Å²) >= 11 is 0. The molecule has 0 amide bonds. The molecule has 0 spiro atoms. The summed E-state index contributed by atoms with van der Waals surface area (Å²) in [5.74, 6) is 0.0636. The minimum Gasteiger partial charge on any atom is -0.309 e. The molecule has 1 aromatic rings. The quantitative estimate of drug-likeness (QED) is 0.653. The van der Waals surface area contributed by atoms with Crippen LogP contribution in [0, 0.1) is 0 Å². The number of hydrogen-bond donors (Lipinski definition) is 2. The van der Waals surface area contributed by atoms with Crippen LogP contribution in [-0.2, 0) is 0 Å². The summed E-state index contributed by atoms with van der Waals surface area (Å²) < 4.78 is 0. The van der Waals surface area contributed by atoms with E-state index in [1.807, 2.05) is 54.6 Å². The first-order chi connectivity index (χ1) is 6.70. The lowest BCUT2D eigenvalue weighted by atomic mass is 9.84. The van der Waals surface area contributed by atoms with Crippen LogP contribution in [0.5, 0.6) is 0 Å². The molecule has 0 saturated carbocycles. The van der Waals surface area contributed by atoms with Gasteiger partial charge in [0.25, 0.3) is 0 Å². The molecule has 14 heavy (non-hydrogen) atoms. The highest BCUT2D eigenvalue weighted by Gasteiger charge is 2.28. The molecule has 4 N–H and O–H groups in total. The number of hydrogen-bond acceptors (Lipinski definition) is 2. The van der Waals surface area contributed by atoms with Crippen LogP contribution in [0.15, 0.2) is 54.6 Å². The summed E-state index contributed by atoms with van der Waals surface area (Å²) in [6.45, 7) is 0. The molecule has 0 radical (unpaired) electrons. The zero-order valence-corrected chi connectivity index (χ0v) is 7.93. The Morgan fingerprint density at radius 1 is 1.00 bits per heavy atom. The van der Waals surface area contributed by atoms with E-state index < -0.39 is 5.66 Å². The third-order valence-electron chi connectivity index (χ3n) is 2.50. The molecule has 1 unspecified atom stereocenters. The minimum atomic E-state index is -0.768. The monoisotopic (exact) mass is 186 g/mol. The van der Waals surface area contributed by atoms with Crippen molar-refractivity contribution in [1.82, 2.24) is 0 Å². The van der Waals surface area contributed by atoms with E-state index in [0.717, 1.165) is 5.56 Å². The van der Waals surface area contributed by atoms with Crippen molar-refractivity contribution >= 4 is 0 Å². The second-order valence-corrected chi connectivity index (χ2v) is 3.63. The molecule has 0 aliphatic heterocycles. The third kappa shape index (κ3) is 1.62. The fourth-order valence-electron chi connectivity index (χ4n) is 1.73. The summed E-state index contributed by atoms with van der Waals surface area (Å²) in [5, 5.41) is 0. The van der Waals surface area contributed by atoms with E-state index in [1.165, 1.54) is 0 Å². The van der Waals surface area contributed by atoms with Crippen molar-refractivity contribution in [3.63, 3.8) is 0 Å². The van der Waals surface area contributed by atoms with Crippen molar-refractivity contribution in [1.29, 1.82) is 0 Å². The number of rotatable bonds is 1. The molecular weight excluding hydrogens is 172 g/mol. The number of benzene rings is 1. The van der Waals surface area contributed by atoms with E-state index in [9.17, 15) is 0 Å². The van der Waals surface area contributed by atoms with Crippen molar-refractivity contribution in [2.45, 2.75) is 11.6 Å². The molecule has 1 atom stereocenters. The van der Waals surface area contributed by atoms with Gasteiger partial charge >= 0.3 is 0 Å². The van der Waals surface area contributed by atoms with E-state index in [-0.39, 0.29) is 5.92 Å². The Hall–Kier alpha value is -1.38. The highest BCUT2D eigenvalue weighted by molar-refractivity contribution is 5.35. The molecular formula is C12H14N2. The van der Waals surface area contributed by atoms with Crippen LogP contribution in [0.1, 0.15) is 11.5 Å². The van der Waals surface area contributed by atoms with E-state index in [2.05, 4.69) is 0 Å². The third-order valence-corrected chi connectivity index (χ3v) is 2.50. The van der Waals surface area contributed by atoms with Crippen molar-refractivity contribution in [2.24, 2.45) is 11.5 Å². The Labute approximate surface area is 83.9 Å². The highest BCUT2D eigenvalue weighted by atomic mass is 15.0. The van der Waals surface area contributed by atoms with Gasteiger partial charge in [-0.15, -0.1) is 0 Å². The van der Waals surface area contributed by atoms with Gasteiger partial charge in [-0.05, 0) is 11.6 Å². The molecule has 0 aromatic heterocycles. The highest BCUT2D eigenvalue weighted by Crippen LogP contribution is 2.27. The molecule has 2 heteroatoms. The first kappa shape index (κ1) is 9.19. The van der Waals surface area contributed by atoms with Crippen LogP contribution in [-0.4, -0.2) is 5.66 Å². The van der Waals surface area contributed by atoms with Gasteiger partial charge in [0, 0.05) is 5.92 Å². The zero-order valence-electron chi connectivity index (χ0n) is 7.93. The van der Waals surface area contributed by atoms with Crippen molar-refractivity contribution in [3.05, 3.63) is 60.2 Å². The maximum atomic E-state index is 5.99. The van der Waals surface area contributed by atoms with E-state index in [4.69, 9.17) is 11.5 Å². The molecule has 0 saturated heterocycles. The van der Waals surface area contributed by atoms with E-state index in [0.29, 0.717) is 0 Å². The average molecular weight is 186 g/mol. The topological polar surface area (TPSA) is 52.0 Å². The van der Waals surface area contributed by atoms with Gasteiger partial charge in [0.1, 0.15) is 0 Å². The second-order valence-electron chi connectivity index (χ2n) is 3.63. The summed E-state index contributed by atoms with van der Waals surface area (Å²) in [5.41, 5.74) is 12.4. The van der Waals surface area contributed by atoms with Gasteiger partial charge in [-0.2, -0.15) is 0 Å².